The fourth-order valence-corrected chi connectivity index (χ4v) is 3.85. The van der Waals surface area contributed by atoms with Crippen LogP contribution in [0.5, 0.6) is 0 Å². The molecule has 0 radical (unpaired) electrons. The summed E-state index contributed by atoms with van der Waals surface area (Å²) in [6, 6.07) is 7.91. The van der Waals surface area contributed by atoms with Crippen LogP contribution in [0.25, 0.3) is 0 Å². The van der Waals surface area contributed by atoms with E-state index in [2.05, 4.69) is 30.1 Å². The van der Waals surface area contributed by atoms with Gasteiger partial charge in [0.25, 0.3) is 5.91 Å². The Hall–Kier alpha value is -1.43. The van der Waals surface area contributed by atoms with Gasteiger partial charge in [-0.1, -0.05) is 12.1 Å². The van der Waals surface area contributed by atoms with Gasteiger partial charge in [0.1, 0.15) is 5.60 Å². The van der Waals surface area contributed by atoms with Crippen LogP contribution in [0, 0.1) is 0 Å². The predicted octanol–water partition coefficient (Wildman–Crippen LogP) is 2.54. The number of benzene rings is 1. The molecule has 1 amide bonds. The van der Waals surface area contributed by atoms with Crippen molar-refractivity contribution in [3.05, 3.63) is 29.8 Å². The molecule has 5 nitrogen and oxygen atoms in total. The number of nitrogens with zero attached hydrogens (tertiary/aromatic N) is 1. The summed E-state index contributed by atoms with van der Waals surface area (Å²) in [5.74, 6) is -0.272. The quantitative estimate of drug-likeness (QED) is 0.889. The van der Waals surface area contributed by atoms with Crippen LogP contribution in [0.1, 0.15) is 45.1 Å². The minimum absolute atomic E-state index is 0.244. The van der Waals surface area contributed by atoms with Crippen molar-refractivity contribution in [2.45, 2.75) is 63.9 Å². The Morgan fingerprint density at radius 2 is 1.96 bits per heavy atom. The largest absolute Gasteiger partial charge is 0.380 e. The van der Waals surface area contributed by atoms with Crippen LogP contribution >= 0.6 is 0 Å². The molecule has 2 N–H and O–H groups in total. The molecule has 5 heteroatoms. The Morgan fingerprint density at radius 3 is 2.62 bits per heavy atom. The second-order valence-electron chi connectivity index (χ2n) is 7.34. The van der Waals surface area contributed by atoms with E-state index in [1.54, 1.807) is 0 Å². The normalized spacial score (nSPS) is 27.1. The number of morpholine rings is 1. The van der Waals surface area contributed by atoms with Gasteiger partial charge in [0.05, 0.1) is 12.2 Å². The number of ether oxygens (including phenoxy) is 1. The van der Waals surface area contributed by atoms with Gasteiger partial charge < -0.3 is 15.2 Å². The van der Waals surface area contributed by atoms with Crippen molar-refractivity contribution in [2.75, 3.05) is 18.4 Å². The zero-order valence-corrected chi connectivity index (χ0v) is 14.6. The van der Waals surface area contributed by atoms with Crippen molar-refractivity contribution in [2.24, 2.45) is 0 Å². The number of hydrogen-bond acceptors (Lipinski definition) is 4. The first-order chi connectivity index (χ1) is 11.4. The van der Waals surface area contributed by atoms with Crippen LogP contribution < -0.4 is 5.32 Å². The van der Waals surface area contributed by atoms with Crippen LogP contribution in [0.15, 0.2) is 24.3 Å². The van der Waals surface area contributed by atoms with E-state index in [1.807, 2.05) is 18.2 Å². The molecule has 1 heterocycles. The molecule has 132 valence electrons. The zero-order valence-electron chi connectivity index (χ0n) is 14.6. The molecule has 1 aliphatic carbocycles. The Bertz CT molecular complexity index is 574. The van der Waals surface area contributed by atoms with Gasteiger partial charge in [-0.05, 0) is 57.2 Å². The second-order valence-corrected chi connectivity index (χ2v) is 7.34. The van der Waals surface area contributed by atoms with Crippen molar-refractivity contribution in [1.29, 1.82) is 0 Å². The highest BCUT2D eigenvalue weighted by Crippen LogP contribution is 2.30. The number of rotatable bonds is 4. The molecule has 1 aromatic carbocycles. The number of carbonyl (C=O) groups is 1. The van der Waals surface area contributed by atoms with Crippen LogP contribution in [0.4, 0.5) is 5.69 Å². The summed E-state index contributed by atoms with van der Waals surface area (Å²) >= 11 is 0. The topological polar surface area (TPSA) is 61.8 Å². The van der Waals surface area contributed by atoms with Gasteiger partial charge >= 0.3 is 0 Å². The van der Waals surface area contributed by atoms with Gasteiger partial charge in [0.15, 0.2) is 0 Å². The minimum Gasteiger partial charge on any atom is -0.380 e. The zero-order chi connectivity index (χ0) is 17.2. The lowest BCUT2D eigenvalue weighted by Gasteiger charge is -2.35. The number of carbonyl (C=O) groups excluding carboxylic acids is 1. The van der Waals surface area contributed by atoms with Crippen LogP contribution in [0.2, 0.25) is 0 Å². The Labute approximate surface area is 144 Å². The molecule has 2 fully saturated rings. The molecule has 1 aliphatic heterocycles. The van der Waals surface area contributed by atoms with E-state index in [-0.39, 0.29) is 18.1 Å². The third-order valence-electron chi connectivity index (χ3n) is 4.94. The van der Waals surface area contributed by atoms with Gasteiger partial charge in [-0.2, -0.15) is 0 Å². The number of aliphatic hydroxyl groups is 1. The number of nitrogens with one attached hydrogen (secondary N) is 1. The maximum absolute atomic E-state index is 12.3. The highest BCUT2D eigenvalue weighted by atomic mass is 16.5. The Balaban J connectivity index is 1.62. The minimum atomic E-state index is -1.19. The molecular weight excluding hydrogens is 304 g/mol. The highest BCUT2D eigenvalue weighted by Gasteiger charge is 2.38. The van der Waals surface area contributed by atoms with Crippen molar-refractivity contribution in [1.82, 2.24) is 4.90 Å². The Morgan fingerprint density at radius 1 is 1.29 bits per heavy atom. The van der Waals surface area contributed by atoms with Crippen molar-refractivity contribution >= 4 is 11.6 Å². The molecule has 0 spiro atoms. The van der Waals surface area contributed by atoms with E-state index < -0.39 is 5.60 Å². The summed E-state index contributed by atoms with van der Waals surface area (Å²) in [5, 5.41) is 13.3. The third kappa shape index (κ3) is 4.15. The lowest BCUT2D eigenvalue weighted by molar-refractivity contribution is -0.133. The SMILES string of the molecule is CC1CN(Cc2cccc(NC(=O)C3(O)CCCC3)c2)CC(C)O1. The van der Waals surface area contributed by atoms with E-state index in [4.69, 9.17) is 4.74 Å². The fraction of sp³-hybridized carbons (Fsp3) is 0.632. The van der Waals surface area contributed by atoms with Gasteiger partial charge in [0, 0.05) is 25.3 Å². The van der Waals surface area contributed by atoms with Crippen LogP contribution in [-0.4, -0.2) is 46.8 Å². The molecule has 3 rings (SSSR count). The summed E-state index contributed by atoms with van der Waals surface area (Å²) < 4.78 is 5.77. The second kappa shape index (κ2) is 7.21. The molecule has 1 aromatic rings. The van der Waals surface area contributed by atoms with Gasteiger partial charge in [0.2, 0.25) is 0 Å². The van der Waals surface area contributed by atoms with E-state index in [1.165, 1.54) is 0 Å². The molecular formula is C19H28N2O3. The average Bonchev–Trinajstić information content (AvgIpc) is 2.95. The van der Waals surface area contributed by atoms with Gasteiger partial charge in [-0.25, -0.2) is 0 Å². The van der Waals surface area contributed by atoms with Gasteiger partial charge in [-0.3, -0.25) is 9.69 Å². The van der Waals surface area contributed by atoms with Crippen molar-refractivity contribution < 1.29 is 14.6 Å². The molecule has 24 heavy (non-hydrogen) atoms. The fourth-order valence-electron chi connectivity index (χ4n) is 3.85. The number of hydrogen-bond donors (Lipinski definition) is 2. The number of amides is 1. The third-order valence-corrected chi connectivity index (χ3v) is 4.94. The van der Waals surface area contributed by atoms with Crippen molar-refractivity contribution in [3.8, 4) is 0 Å². The summed E-state index contributed by atoms with van der Waals surface area (Å²) in [5.41, 5.74) is 0.727. The maximum Gasteiger partial charge on any atom is 0.256 e. The molecule has 1 saturated carbocycles. The molecule has 2 unspecified atom stereocenters. The standard InChI is InChI=1S/C19H28N2O3/c1-14-11-21(12-15(2)24-14)13-16-6-5-7-17(10-16)20-18(22)19(23)8-3-4-9-19/h5-7,10,14-15,23H,3-4,8-9,11-13H2,1-2H3,(H,20,22). The van der Waals surface area contributed by atoms with E-state index in [9.17, 15) is 9.90 Å². The predicted molar refractivity (Wildman–Crippen MR) is 93.8 cm³/mol. The first kappa shape index (κ1) is 17.4. The summed E-state index contributed by atoms with van der Waals surface area (Å²) in [4.78, 5) is 14.7. The molecule has 2 atom stereocenters. The van der Waals surface area contributed by atoms with Crippen LogP contribution in [0.3, 0.4) is 0 Å². The number of anilines is 1. The van der Waals surface area contributed by atoms with E-state index in [0.29, 0.717) is 12.8 Å². The lowest BCUT2D eigenvalue weighted by atomic mass is 10.0. The highest BCUT2D eigenvalue weighted by molar-refractivity contribution is 5.97. The first-order valence-corrected chi connectivity index (χ1v) is 8.95. The summed E-state index contributed by atoms with van der Waals surface area (Å²) in [7, 11) is 0. The van der Waals surface area contributed by atoms with E-state index >= 15 is 0 Å². The molecule has 0 bridgehead atoms. The van der Waals surface area contributed by atoms with Gasteiger partial charge in [-0.15, -0.1) is 0 Å². The first-order valence-electron chi connectivity index (χ1n) is 8.95. The monoisotopic (exact) mass is 332 g/mol. The molecule has 1 saturated heterocycles. The average molecular weight is 332 g/mol. The lowest BCUT2D eigenvalue weighted by Crippen LogP contribution is -2.44. The molecule has 2 aliphatic rings. The van der Waals surface area contributed by atoms with Crippen LogP contribution in [-0.2, 0) is 16.1 Å². The Kier molecular flexibility index (Phi) is 5.23. The summed E-state index contributed by atoms with van der Waals surface area (Å²) in [6.07, 6.45) is 3.43. The van der Waals surface area contributed by atoms with E-state index in [0.717, 1.165) is 43.7 Å². The smallest absolute Gasteiger partial charge is 0.256 e. The maximum atomic E-state index is 12.3. The molecule has 0 aromatic heterocycles. The van der Waals surface area contributed by atoms with Crippen molar-refractivity contribution in [3.63, 3.8) is 0 Å². The summed E-state index contributed by atoms with van der Waals surface area (Å²) in [6.45, 7) is 6.87.